The highest BCUT2D eigenvalue weighted by Gasteiger charge is 2.12. The Kier molecular flexibility index (Phi) is 4.02. The molecule has 0 amide bonds. The summed E-state index contributed by atoms with van der Waals surface area (Å²) in [7, 11) is 0. The van der Waals surface area contributed by atoms with E-state index >= 15 is 0 Å². The molecule has 0 bridgehead atoms. The summed E-state index contributed by atoms with van der Waals surface area (Å²) in [6.07, 6.45) is 8.71. The third-order valence-corrected chi connectivity index (χ3v) is 4.82. The van der Waals surface area contributed by atoms with E-state index in [4.69, 9.17) is 0 Å². The molecule has 0 radical (unpaired) electrons. The van der Waals surface area contributed by atoms with Crippen LogP contribution in [0.3, 0.4) is 0 Å². The summed E-state index contributed by atoms with van der Waals surface area (Å²) >= 11 is 0. The van der Waals surface area contributed by atoms with Crippen LogP contribution in [-0.2, 0) is 0 Å². The zero-order valence-corrected chi connectivity index (χ0v) is 15.2. The van der Waals surface area contributed by atoms with Gasteiger partial charge in [0, 0.05) is 39.3 Å². The Hall–Kier alpha value is -4.06. The van der Waals surface area contributed by atoms with Crippen molar-refractivity contribution >= 4 is 34.4 Å². The van der Waals surface area contributed by atoms with E-state index in [1.54, 1.807) is 30.6 Å². The minimum atomic E-state index is -0.407. The molecule has 0 fully saturated rings. The number of benzene rings is 2. The summed E-state index contributed by atoms with van der Waals surface area (Å²) in [4.78, 5) is 6.88. The SMILES string of the molecule is Oc1[nH]c2ccccc2c1C=c1cc2c(cc1F)=C(/C=C/c1ccncc1)N=N2. The highest BCUT2D eigenvalue weighted by molar-refractivity contribution is 5.91. The average Bonchev–Trinajstić information content (AvgIpc) is 3.27. The number of rotatable bonds is 3. The summed E-state index contributed by atoms with van der Waals surface area (Å²) in [6.45, 7) is 0. The number of azo groups is 1. The number of nitrogens with one attached hydrogen (secondary N) is 1. The molecule has 2 N–H and O–H groups in total. The molecule has 1 aliphatic heterocycles. The predicted octanol–water partition coefficient (Wildman–Crippen LogP) is 4.16. The number of hydrogen-bond donors (Lipinski definition) is 2. The maximum atomic E-state index is 14.9. The second-order valence-electron chi connectivity index (χ2n) is 6.67. The largest absolute Gasteiger partial charge is 0.494 e. The van der Waals surface area contributed by atoms with Gasteiger partial charge in [-0.25, -0.2) is 4.39 Å². The van der Waals surface area contributed by atoms with Crippen LogP contribution in [0.2, 0.25) is 0 Å². The molecule has 2 aromatic heterocycles. The first-order chi connectivity index (χ1) is 14.2. The molecule has 0 spiro atoms. The van der Waals surface area contributed by atoms with Crippen molar-refractivity contribution in [2.45, 2.75) is 0 Å². The molecular weight excluding hydrogens is 367 g/mol. The molecule has 2 aromatic carbocycles. The molecule has 0 saturated heterocycles. The van der Waals surface area contributed by atoms with Crippen LogP contribution in [0.1, 0.15) is 11.1 Å². The molecule has 0 unspecified atom stereocenters. The molecule has 140 valence electrons. The summed E-state index contributed by atoms with van der Waals surface area (Å²) in [5.74, 6) is -0.407. The Bertz CT molecular complexity index is 1420. The fourth-order valence-electron chi connectivity index (χ4n) is 3.36. The van der Waals surface area contributed by atoms with Gasteiger partial charge in [-0.3, -0.25) is 4.98 Å². The van der Waals surface area contributed by atoms with Gasteiger partial charge in [0.2, 0.25) is 0 Å². The van der Waals surface area contributed by atoms with E-state index in [9.17, 15) is 9.50 Å². The van der Waals surface area contributed by atoms with Crippen LogP contribution in [-0.4, -0.2) is 15.1 Å². The molecule has 0 atom stereocenters. The number of aromatic hydroxyl groups is 1. The van der Waals surface area contributed by atoms with Crippen LogP contribution in [0.25, 0.3) is 28.8 Å². The van der Waals surface area contributed by atoms with E-state index in [1.165, 1.54) is 6.07 Å². The second-order valence-corrected chi connectivity index (χ2v) is 6.67. The van der Waals surface area contributed by atoms with Crippen molar-refractivity contribution in [3.8, 4) is 5.88 Å². The number of H-pyrrole nitrogens is 1. The predicted molar refractivity (Wildman–Crippen MR) is 110 cm³/mol. The monoisotopic (exact) mass is 382 g/mol. The van der Waals surface area contributed by atoms with Crippen molar-refractivity contribution in [3.05, 3.63) is 94.4 Å². The van der Waals surface area contributed by atoms with Gasteiger partial charge in [0.1, 0.15) is 5.82 Å². The van der Waals surface area contributed by atoms with Gasteiger partial charge >= 0.3 is 0 Å². The molecule has 6 heteroatoms. The van der Waals surface area contributed by atoms with E-state index in [0.717, 1.165) is 16.5 Å². The Morgan fingerprint density at radius 1 is 0.966 bits per heavy atom. The van der Waals surface area contributed by atoms with Crippen molar-refractivity contribution in [3.63, 3.8) is 0 Å². The third-order valence-electron chi connectivity index (χ3n) is 4.82. The van der Waals surface area contributed by atoms with E-state index in [0.29, 0.717) is 27.4 Å². The van der Waals surface area contributed by atoms with Gasteiger partial charge in [-0.15, -0.1) is 10.2 Å². The highest BCUT2D eigenvalue weighted by atomic mass is 19.1. The van der Waals surface area contributed by atoms with Gasteiger partial charge < -0.3 is 10.1 Å². The molecule has 5 nitrogen and oxygen atoms in total. The van der Waals surface area contributed by atoms with Crippen molar-refractivity contribution < 1.29 is 9.50 Å². The fraction of sp³-hybridized carbons (Fsp3) is 0. The molecule has 29 heavy (non-hydrogen) atoms. The summed E-state index contributed by atoms with van der Waals surface area (Å²) in [5.41, 5.74) is 3.48. The van der Waals surface area contributed by atoms with Gasteiger partial charge in [0.05, 0.1) is 11.4 Å². The number of nitrogens with zero attached hydrogens (tertiary/aromatic N) is 3. The molecule has 3 heterocycles. The van der Waals surface area contributed by atoms with E-state index in [-0.39, 0.29) is 5.88 Å². The van der Waals surface area contributed by atoms with Crippen molar-refractivity contribution in [2.24, 2.45) is 10.2 Å². The summed E-state index contributed by atoms with van der Waals surface area (Å²) < 4.78 is 14.9. The number of fused-ring (bicyclic) bond motifs is 2. The number of pyridine rings is 1. The number of hydrogen-bond acceptors (Lipinski definition) is 4. The van der Waals surface area contributed by atoms with E-state index in [1.807, 2.05) is 42.5 Å². The first kappa shape index (κ1) is 17.1. The smallest absolute Gasteiger partial charge is 0.196 e. The number of aromatic nitrogens is 2. The maximum absolute atomic E-state index is 14.9. The zero-order chi connectivity index (χ0) is 19.8. The quantitative estimate of drug-likeness (QED) is 0.558. The molecule has 0 aliphatic carbocycles. The second kappa shape index (κ2) is 6.83. The first-order valence-corrected chi connectivity index (χ1v) is 9.04. The minimum absolute atomic E-state index is 0.000241. The lowest BCUT2D eigenvalue weighted by atomic mass is 10.1. The fourth-order valence-corrected chi connectivity index (χ4v) is 3.36. The minimum Gasteiger partial charge on any atom is -0.494 e. The number of halogens is 1. The zero-order valence-electron chi connectivity index (χ0n) is 15.2. The normalized spacial score (nSPS) is 13.7. The first-order valence-electron chi connectivity index (χ1n) is 9.04. The molecule has 5 rings (SSSR count). The van der Waals surface area contributed by atoms with Gasteiger partial charge in [0.25, 0.3) is 0 Å². The van der Waals surface area contributed by atoms with Gasteiger partial charge in [-0.2, -0.15) is 0 Å². The lowest BCUT2D eigenvalue weighted by molar-refractivity contribution is 0.457. The number of aromatic amines is 1. The lowest BCUT2D eigenvalue weighted by Crippen LogP contribution is -2.14. The lowest BCUT2D eigenvalue weighted by Gasteiger charge is -1.97. The van der Waals surface area contributed by atoms with Crippen molar-refractivity contribution in [1.29, 1.82) is 0 Å². The molecular formula is C23H15FN4O. The highest BCUT2D eigenvalue weighted by Crippen LogP contribution is 2.27. The van der Waals surface area contributed by atoms with Crippen LogP contribution >= 0.6 is 0 Å². The Labute approximate surface area is 164 Å². The number of para-hydroxylation sites is 1. The van der Waals surface area contributed by atoms with Crippen LogP contribution < -0.4 is 10.4 Å². The molecule has 4 aromatic rings. The third kappa shape index (κ3) is 3.10. The molecule has 1 aliphatic rings. The van der Waals surface area contributed by atoms with E-state index < -0.39 is 5.82 Å². The van der Waals surface area contributed by atoms with Crippen LogP contribution in [0.4, 0.5) is 10.1 Å². The molecule has 0 saturated carbocycles. The van der Waals surface area contributed by atoms with Gasteiger partial charge in [0.15, 0.2) is 5.88 Å². The van der Waals surface area contributed by atoms with Crippen LogP contribution in [0.15, 0.2) is 77.2 Å². The van der Waals surface area contributed by atoms with Gasteiger partial charge in [-0.1, -0.05) is 24.3 Å². The summed E-state index contributed by atoms with van der Waals surface area (Å²) in [6, 6.07) is 14.3. The van der Waals surface area contributed by atoms with E-state index in [2.05, 4.69) is 20.2 Å². The van der Waals surface area contributed by atoms with Gasteiger partial charge in [-0.05, 0) is 48.0 Å². The topological polar surface area (TPSA) is 73.6 Å². The van der Waals surface area contributed by atoms with Crippen LogP contribution in [0, 0.1) is 5.82 Å². The van der Waals surface area contributed by atoms with Crippen LogP contribution in [0.5, 0.6) is 5.88 Å². The Morgan fingerprint density at radius 2 is 1.79 bits per heavy atom. The average molecular weight is 382 g/mol. The Balaban J connectivity index is 1.61. The Morgan fingerprint density at radius 3 is 2.66 bits per heavy atom. The van der Waals surface area contributed by atoms with Crippen molar-refractivity contribution in [2.75, 3.05) is 0 Å². The summed E-state index contributed by atoms with van der Waals surface area (Å²) in [5, 5.41) is 20.4. The maximum Gasteiger partial charge on any atom is 0.196 e. The standard InChI is InChI=1S/C23H15FN4O/c24-19-13-18-21(6-5-14-7-9-25-10-8-14)27-28-22(18)12-15(19)11-17-16-3-1-2-4-20(16)26-23(17)29/h1-13,26,29H/b6-5+,15-11?. The van der Waals surface area contributed by atoms with Crippen molar-refractivity contribution in [1.82, 2.24) is 9.97 Å².